The summed E-state index contributed by atoms with van der Waals surface area (Å²) in [5.41, 5.74) is 0.234. The third-order valence-electron chi connectivity index (χ3n) is 2.65. The van der Waals surface area contributed by atoms with Crippen molar-refractivity contribution in [1.82, 2.24) is 5.32 Å². The summed E-state index contributed by atoms with van der Waals surface area (Å²) >= 11 is 0. The van der Waals surface area contributed by atoms with Crippen molar-refractivity contribution >= 4 is 0 Å². The predicted octanol–water partition coefficient (Wildman–Crippen LogP) is 2.17. The Bertz CT molecular complexity index is 158. The molecule has 0 heterocycles. The average molecular weight is 199 g/mol. The minimum Gasteiger partial charge on any atom is -0.392 e. The van der Waals surface area contributed by atoms with Gasteiger partial charge in [-0.05, 0) is 30.7 Å². The van der Waals surface area contributed by atoms with Gasteiger partial charge in [-0.1, -0.05) is 33.6 Å². The number of hydrogen-bond acceptors (Lipinski definition) is 2. The maximum absolute atomic E-state index is 9.70. The highest BCUT2D eigenvalue weighted by atomic mass is 16.3. The fourth-order valence-corrected chi connectivity index (χ4v) is 1.76. The van der Waals surface area contributed by atoms with Crippen molar-refractivity contribution in [3.63, 3.8) is 0 Å². The first-order chi connectivity index (χ1) is 6.47. The van der Waals surface area contributed by atoms with Crippen molar-refractivity contribution in [1.29, 1.82) is 0 Å². The topological polar surface area (TPSA) is 32.3 Å². The molecule has 0 aromatic heterocycles. The standard InChI is InChI=1S/C12H25NO/c1-12(2,3)8-11(14)9-13-7-6-10-4-5-10/h10-11,13-14H,4-9H2,1-3H3. The first-order valence-corrected chi connectivity index (χ1v) is 5.86. The van der Waals surface area contributed by atoms with Crippen molar-refractivity contribution < 1.29 is 5.11 Å². The molecule has 0 radical (unpaired) electrons. The molecule has 1 unspecified atom stereocenters. The van der Waals surface area contributed by atoms with Gasteiger partial charge in [-0.15, -0.1) is 0 Å². The predicted molar refractivity (Wildman–Crippen MR) is 60.3 cm³/mol. The van der Waals surface area contributed by atoms with Gasteiger partial charge in [0.15, 0.2) is 0 Å². The molecule has 0 bridgehead atoms. The quantitative estimate of drug-likeness (QED) is 0.643. The Balaban J connectivity index is 1.93. The monoisotopic (exact) mass is 199 g/mol. The van der Waals surface area contributed by atoms with E-state index in [1.54, 1.807) is 0 Å². The SMILES string of the molecule is CC(C)(C)CC(O)CNCCC1CC1. The van der Waals surface area contributed by atoms with Crippen molar-refractivity contribution in [2.24, 2.45) is 11.3 Å². The zero-order valence-corrected chi connectivity index (χ0v) is 9.84. The molecule has 14 heavy (non-hydrogen) atoms. The molecule has 0 amide bonds. The third kappa shape index (κ3) is 6.39. The molecule has 0 aliphatic heterocycles. The van der Waals surface area contributed by atoms with Gasteiger partial charge < -0.3 is 10.4 Å². The van der Waals surface area contributed by atoms with Crippen LogP contribution in [0.1, 0.15) is 46.5 Å². The molecule has 1 rings (SSSR count). The first-order valence-electron chi connectivity index (χ1n) is 5.86. The lowest BCUT2D eigenvalue weighted by Gasteiger charge is -2.22. The minimum atomic E-state index is -0.186. The molecule has 1 saturated carbocycles. The Hall–Kier alpha value is -0.0800. The van der Waals surface area contributed by atoms with Crippen LogP contribution in [-0.2, 0) is 0 Å². The maximum atomic E-state index is 9.70. The van der Waals surface area contributed by atoms with E-state index in [1.807, 2.05) is 0 Å². The molecule has 2 nitrogen and oxygen atoms in total. The van der Waals surface area contributed by atoms with E-state index in [4.69, 9.17) is 0 Å². The molecule has 0 saturated heterocycles. The third-order valence-corrected chi connectivity index (χ3v) is 2.65. The van der Waals surface area contributed by atoms with E-state index >= 15 is 0 Å². The highest BCUT2D eigenvalue weighted by molar-refractivity contribution is 4.75. The summed E-state index contributed by atoms with van der Waals surface area (Å²) in [5, 5.41) is 13.0. The Kier molecular flexibility index (Phi) is 4.39. The van der Waals surface area contributed by atoms with Gasteiger partial charge >= 0.3 is 0 Å². The molecule has 2 N–H and O–H groups in total. The van der Waals surface area contributed by atoms with E-state index in [-0.39, 0.29) is 11.5 Å². The summed E-state index contributed by atoms with van der Waals surface area (Å²) in [6.45, 7) is 8.33. The second-order valence-electron chi connectivity index (χ2n) is 5.85. The van der Waals surface area contributed by atoms with Crippen molar-refractivity contribution in [3.8, 4) is 0 Å². The maximum Gasteiger partial charge on any atom is 0.0669 e. The number of rotatable bonds is 6. The Morgan fingerprint density at radius 1 is 1.36 bits per heavy atom. The fourth-order valence-electron chi connectivity index (χ4n) is 1.76. The lowest BCUT2D eigenvalue weighted by Crippen LogP contribution is -2.30. The van der Waals surface area contributed by atoms with Crippen LogP contribution in [0.25, 0.3) is 0 Å². The van der Waals surface area contributed by atoms with Crippen LogP contribution < -0.4 is 5.32 Å². The van der Waals surface area contributed by atoms with Crippen molar-refractivity contribution in [2.45, 2.75) is 52.6 Å². The molecule has 1 aliphatic carbocycles. The van der Waals surface area contributed by atoms with Gasteiger partial charge in [0.2, 0.25) is 0 Å². The molecule has 84 valence electrons. The van der Waals surface area contributed by atoms with Gasteiger partial charge in [0.25, 0.3) is 0 Å². The first kappa shape index (κ1) is 12.0. The zero-order chi connectivity index (χ0) is 10.6. The lowest BCUT2D eigenvalue weighted by atomic mass is 9.89. The summed E-state index contributed by atoms with van der Waals surface area (Å²) in [5.74, 6) is 0.988. The molecule has 2 heteroatoms. The Labute approximate surface area is 88.1 Å². The zero-order valence-electron chi connectivity index (χ0n) is 9.84. The van der Waals surface area contributed by atoms with E-state index in [0.29, 0.717) is 0 Å². The summed E-state index contributed by atoms with van der Waals surface area (Å²) < 4.78 is 0. The van der Waals surface area contributed by atoms with Crippen LogP contribution in [0.3, 0.4) is 0 Å². The van der Waals surface area contributed by atoms with Crippen LogP contribution in [0.5, 0.6) is 0 Å². The van der Waals surface area contributed by atoms with Crippen LogP contribution in [0.2, 0.25) is 0 Å². The number of aliphatic hydroxyl groups is 1. The lowest BCUT2D eigenvalue weighted by molar-refractivity contribution is 0.119. The van der Waals surface area contributed by atoms with E-state index in [0.717, 1.165) is 25.4 Å². The summed E-state index contributed by atoms with van der Waals surface area (Å²) in [6, 6.07) is 0. The highest BCUT2D eigenvalue weighted by Gasteiger charge is 2.20. The summed E-state index contributed by atoms with van der Waals surface area (Å²) in [6.07, 6.45) is 4.83. The van der Waals surface area contributed by atoms with Crippen LogP contribution >= 0.6 is 0 Å². The van der Waals surface area contributed by atoms with Gasteiger partial charge in [0, 0.05) is 6.54 Å². The van der Waals surface area contributed by atoms with Crippen LogP contribution in [-0.4, -0.2) is 24.3 Å². The number of aliphatic hydroxyl groups excluding tert-OH is 1. The van der Waals surface area contributed by atoms with Crippen LogP contribution in [0.4, 0.5) is 0 Å². The Morgan fingerprint density at radius 3 is 2.50 bits per heavy atom. The van der Waals surface area contributed by atoms with Crippen molar-refractivity contribution in [3.05, 3.63) is 0 Å². The molecular weight excluding hydrogens is 174 g/mol. The van der Waals surface area contributed by atoms with Gasteiger partial charge in [-0.2, -0.15) is 0 Å². The fraction of sp³-hybridized carbons (Fsp3) is 1.00. The highest BCUT2D eigenvalue weighted by Crippen LogP contribution is 2.31. The number of hydrogen-bond donors (Lipinski definition) is 2. The van der Waals surface area contributed by atoms with Crippen LogP contribution in [0.15, 0.2) is 0 Å². The van der Waals surface area contributed by atoms with E-state index in [1.165, 1.54) is 19.3 Å². The second-order valence-corrected chi connectivity index (χ2v) is 5.85. The van der Waals surface area contributed by atoms with Gasteiger partial charge in [-0.3, -0.25) is 0 Å². The molecular formula is C12H25NO. The second kappa shape index (κ2) is 5.13. The van der Waals surface area contributed by atoms with Crippen molar-refractivity contribution in [2.75, 3.05) is 13.1 Å². The largest absolute Gasteiger partial charge is 0.392 e. The van der Waals surface area contributed by atoms with Gasteiger partial charge in [0.05, 0.1) is 6.10 Å². The Morgan fingerprint density at radius 2 is 2.00 bits per heavy atom. The van der Waals surface area contributed by atoms with E-state index in [9.17, 15) is 5.11 Å². The average Bonchev–Trinajstić information content (AvgIpc) is 2.77. The molecule has 0 spiro atoms. The van der Waals surface area contributed by atoms with Gasteiger partial charge in [-0.25, -0.2) is 0 Å². The molecule has 1 fully saturated rings. The number of nitrogens with one attached hydrogen (secondary N) is 1. The normalized spacial score (nSPS) is 19.7. The summed E-state index contributed by atoms with van der Waals surface area (Å²) in [7, 11) is 0. The van der Waals surface area contributed by atoms with Gasteiger partial charge in [0.1, 0.15) is 0 Å². The molecule has 1 aliphatic rings. The van der Waals surface area contributed by atoms with Crippen LogP contribution in [0, 0.1) is 11.3 Å². The molecule has 0 aromatic rings. The molecule has 1 atom stereocenters. The smallest absolute Gasteiger partial charge is 0.0669 e. The van der Waals surface area contributed by atoms with E-state index < -0.39 is 0 Å². The minimum absolute atomic E-state index is 0.186. The summed E-state index contributed by atoms with van der Waals surface area (Å²) in [4.78, 5) is 0. The molecule has 0 aromatic carbocycles. The van der Waals surface area contributed by atoms with E-state index in [2.05, 4.69) is 26.1 Å².